The maximum absolute atomic E-state index is 11.5. The number of hydroxylamine groups is 1. The van der Waals surface area contributed by atoms with Crippen LogP contribution in [0.4, 0.5) is 8.78 Å². The van der Waals surface area contributed by atoms with E-state index in [1.54, 1.807) is 5.48 Å². The van der Waals surface area contributed by atoms with Crippen LogP contribution >= 0.6 is 0 Å². The van der Waals surface area contributed by atoms with Gasteiger partial charge in [-0.3, -0.25) is 9.78 Å². The fourth-order valence-corrected chi connectivity index (χ4v) is 0.654. The standard InChI is InChI=1S/C7H6F2N2O2/c8-7(9)13-11-6(12)5-2-1-3-10-4-5/h1-4,7H,(H,11,12). The molecule has 6 heteroatoms. The van der Waals surface area contributed by atoms with Crippen molar-refractivity contribution in [1.29, 1.82) is 0 Å². The topological polar surface area (TPSA) is 51.2 Å². The number of carbonyl (C=O) groups is 1. The molecule has 0 atom stereocenters. The molecule has 0 saturated carbocycles. The van der Waals surface area contributed by atoms with E-state index in [9.17, 15) is 13.6 Å². The van der Waals surface area contributed by atoms with Gasteiger partial charge in [0.05, 0.1) is 5.56 Å². The van der Waals surface area contributed by atoms with Crippen LogP contribution in [0.2, 0.25) is 0 Å². The lowest BCUT2D eigenvalue weighted by Gasteiger charge is -2.02. The number of nitrogens with zero attached hydrogens (tertiary/aromatic N) is 1. The van der Waals surface area contributed by atoms with Crippen molar-refractivity contribution < 1.29 is 18.4 Å². The summed E-state index contributed by atoms with van der Waals surface area (Å²) in [5.41, 5.74) is 1.73. The van der Waals surface area contributed by atoms with E-state index >= 15 is 0 Å². The molecule has 1 aromatic heterocycles. The highest BCUT2D eigenvalue weighted by molar-refractivity contribution is 5.92. The molecule has 1 aromatic rings. The molecule has 1 rings (SSSR count). The van der Waals surface area contributed by atoms with Crippen molar-refractivity contribution in [3.63, 3.8) is 0 Å². The molecule has 0 spiro atoms. The van der Waals surface area contributed by atoms with Gasteiger partial charge in [0, 0.05) is 12.4 Å². The number of pyridine rings is 1. The zero-order valence-electron chi connectivity index (χ0n) is 6.41. The SMILES string of the molecule is O=C(NOC(F)F)c1cccnc1. The number of carbonyl (C=O) groups excluding carboxylic acids is 1. The molecule has 0 aliphatic heterocycles. The molecule has 1 N–H and O–H groups in total. The number of aromatic nitrogens is 1. The van der Waals surface area contributed by atoms with E-state index in [1.807, 2.05) is 0 Å². The van der Waals surface area contributed by atoms with Gasteiger partial charge in [0.15, 0.2) is 0 Å². The van der Waals surface area contributed by atoms with Crippen LogP contribution in [-0.4, -0.2) is 17.5 Å². The number of halogens is 2. The Labute approximate surface area is 72.5 Å². The summed E-state index contributed by atoms with van der Waals surface area (Å²) in [5.74, 6) is -0.756. The summed E-state index contributed by atoms with van der Waals surface area (Å²) in [7, 11) is 0. The first-order valence-corrected chi connectivity index (χ1v) is 3.34. The summed E-state index contributed by atoms with van der Waals surface area (Å²) < 4.78 is 22.9. The smallest absolute Gasteiger partial charge is 0.267 e. The Bertz CT molecular complexity index is 279. The van der Waals surface area contributed by atoms with Gasteiger partial charge < -0.3 is 0 Å². The van der Waals surface area contributed by atoms with Gasteiger partial charge in [-0.05, 0) is 12.1 Å². The van der Waals surface area contributed by atoms with Crippen molar-refractivity contribution in [2.45, 2.75) is 6.61 Å². The van der Waals surface area contributed by atoms with Gasteiger partial charge in [0.2, 0.25) is 0 Å². The number of hydrogen-bond donors (Lipinski definition) is 1. The molecule has 1 amide bonds. The molecular formula is C7H6F2N2O2. The minimum Gasteiger partial charge on any atom is -0.267 e. The summed E-state index contributed by atoms with van der Waals surface area (Å²) in [6.07, 6.45) is 2.70. The van der Waals surface area contributed by atoms with E-state index in [1.165, 1.54) is 24.5 Å². The first kappa shape index (κ1) is 9.53. The number of amides is 1. The van der Waals surface area contributed by atoms with Crippen molar-refractivity contribution in [2.75, 3.05) is 0 Å². The Balaban J connectivity index is 2.50. The molecule has 4 nitrogen and oxygen atoms in total. The third kappa shape index (κ3) is 3.12. The first-order valence-electron chi connectivity index (χ1n) is 3.34. The quantitative estimate of drug-likeness (QED) is 0.719. The number of nitrogens with one attached hydrogen (secondary N) is 1. The Hall–Kier alpha value is -1.56. The molecule has 0 unspecified atom stereocenters. The second-order valence-corrected chi connectivity index (χ2v) is 2.05. The molecule has 0 aliphatic carbocycles. The van der Waals surface area contributed by atoms with E-state index in [4.69, 9.17) is 0 Å². The van der Waals surface area contributed by atoms with E-state index in [2.05, 4.69) is 9.82 Å². The van der Waals surface area contributed by atoms with Crippen LogP contribution < -0.4 is 5.48 Å². The molecule has 0 radical (unpaired) electrons. The molecule has 13 heavy (non-hydrogen) atoms. The average Bonchev–Trinajstić information content (AvgIpc) is 2.15. The molecule has 0 bridgehead atoms. The van der Waals surface area contributed by atoms with Gasteiger partial charge in [0.25, 0.3) is 5.91 Å². The predicted octanol–water partition coefficient (Wildman–Crippen LogP) is 0.966. The number of rotatable bonds is 3. The maximum atomic E-state index is 11.5. The minimum absolute atomic E-state index is 0.156. The average molecular weight is 188 g/mol. The van der Waals surface area contributed by atoms with Crippen LogP contribution in [0.15, 0.2) is 24.5 Å². The zero-order chi connectivity index (χ0) is 9.68. The second-order valence-electron chi connectivity index (χ2n) is 2.05. The van der Waals surface area contributed by atoms with Crippen LogP contribution in [0.25, 0.3) is 0 Å². The molecule has 0 saturated heterocycles. The van der Waals surface area contributed by atoms with E-state index < -0.39 is 12.5 Å². The van der Waals surface area contributed by atoms with Crippen LogP contribution in [0.5, 0.6) is 0 Å². The normalized spacial score (nSPS) is 10.1. The molecular weight excluding hydrogens is 182 g/mol. The zero-order valence-corrected chi connectivity index (χ0v) is 6.41. The second kappa shape index (κ2) is 4.46. The summed E-state index contributed by atoms with van der Waals surface area (Å²) in [6.45, 7) is -3.03. The van der Waals surface area contributed by atoms with Crippen LogP contribution in [0.3, 0.4) is 0 Å². The van der Waals surface area contributed by atoms with Crippen LogP contribution in [0, 0.1) is 0 Å². The fraction of sp³-hybridized carbons (Fsp3) is 0.143. The van der Waals surface area contributed by atoms with Gasteiger partial charge in [-0.2, -0.15) is 8.78 Å². The Morgan fingerprint density at radius 2 is 2.38 bits per heavy atom. The molecule has 0 aliphatic rings. The third-order valence-corrected chi connectivity index (χ3v) is 1.16. The van der Waals surface area contributed by atoms with Crippen LogP contribution in [-0.2, 0) is 4.84 Å². The number of hydrogen-bond acceptors (Lipinski definition) is 3. The van der Waals surface area contributed by atoms with Gasteiger partial charge in [-0.15, -0.1) is 0 Å². The van der Waals surface area contributed by atoms with E-state index in [0.717, 1.165) is 0 Å². The third-order valence-electron chi connectivity index (χ3n) is 1.16. The fourth-order valence-electron chi connectivity index (χ4n) is 0.654. The summed E-state index contributed by atoms with van der Waals surface area (Å²) in [5, 5.41) is 0. The maximum Gasteiger partial charge on any atom is 0.364 e. The highest BCUT2D eigenvalue weighted by atomic mass is 19.3. The van der Waals surface area contributed by atoms with Gasteiger partial charge >= 0.3 is 6.61 Å². The van der Waals surface area contributed by atoms with Crippen molar-refractivity contribution in [3.05, 3.63) is 30.1 Å². The van der Waals surface area contributed by atoms with E-state index in [0.29, 0.717) is 0 Å². The van der Waals surface area contributed by atoms with Crippen molar-refractivity contribution in [3.8, 4) is 0 Å². The van der Waals surface area contributed by atoms with Crippen molar-refractivity contribution >= 4 is 5.91 Å². The highest BCUT2D eigenvalue weighted by Crippen LogP contribution is 1.96. The highest BCUT2D eigenvalue weighted by Gasteiger charge is 2.08. The van der Waals surface area contributed by atoms with Gasteiger partial charge in [-0.1, -0.05) is 0 Å². The summed E-state index contributed by atoms with van der Waals surface area (Å²) in [6, 6.07) is 2.94. The van der Waals surface area contributed by atoms with E-state index in [-0.39, 0.29) is 5.56 Å². The van der Waals surface area contributed by atoms with Gasteiger partial charge in [0.1, 0.15) is 0 Å². The minimum atomic E-state index is -3.03. The summed E-state index contributed by atoms with van der Waals surface area (Å²) >= 11 is 0. The molecule has 1 heterocycles. The number of alkyl halides is 2. The predicted molar refractivity (Wildman–Crippen MR) is 38.8 cm³/mol. The largest absolute Gasteiger partial charge is 0.364 e. The Morgan fingerprint density at radius 1 is 1.62 bits per heavy atom. The monoisotopic (exact) mass is 188 g/mol. The molecule has 0 fully saturated rings. The lowest BCUT2D eigenvalue weighted by atomic mass is 10.3. The lowest BCUT2D eigenvalue weighted by Crippen LogP contribution is -2.26. The van der Waals surface area contributed by atoms with Crippen LogP contribution in [0.1, 0.15) is 10.4 Å². The summed E-state index contributed by atoms with van der Waals surface area (Å²) in [4.78, 5) is 18.2. The van der Waals surface area contributed by atoms with Crippen molar-refractivity contribution in [1.82, 2.24) is 10.5 Å². The Kier molecular flexibility index (Phi) is 3.27. The molecule has 0 aromatic carbocycles. The van der Waals surface area contributed by atoms with Gasteiger partial charge in [-0.25, -0.2) is 10.3 Å². The van der Waals surface area contributed by atoms with Crippen molar-refractivity contribution in [2.24, 2.45) is 0 Å². The Morgan fingerprint density at radius 3 is 2.92 bits per heavy atom. The molecule has 70 valence electrons. The first-order chi connectivity index (χ1) is 6.20. The lowest BCUT2D eigenvalue weighted by molar-refractivity contribution is -0.160.